The summed E-state index contributed by atoms with van der Waals surface area (Å²) in [5, 5.41) is 0. The van der Waals surface area contributed by atoms with Gasteiger partial charge in [-0.25, -0.2) is 0 Å². The maximum atomic E-state index is 6.28. The summed E-state index contributed by atoms with van der Waals surface area (Å²) in [7, 11) is 0.137. The molecule has 0 aromatic carbocycles. The average molecular weight is 472 g/mol. The van der Waals surface area contributed by atoms with Gasteiger partial charge >= 0.3 is 49.6 Å². The molecule has 0 aromatic rings. The molecular weight excluding hydrogens is 455 g/mol. The summed E-state index contributed by atoms with van der Waals surface area (Å²) in [4.78, 5) is 7.06. The van der Waals surface area contributed by atoms with Crippen molar-refractivity contribution < 1.29 is 22.4 Å². The van der Waals surface area contributed by atoms with Crippen LogP contribution in [0.25, 0.3) is 9.69 Å². The minimum atomic E-state index is 0. The molecular formula is C10H17AuN2PSe+. The molecule has 0 N–H and O–H groups in total. The van der Waals surface area contributed by atoms with Gasteiger partial charge in [0.25, 0.3) is 0 Å². The van der Waals surface area contributed by atoms with Crippen LogP contribution in [0.4, 0.5) is 0 Å². The third-order valence-corrected chi connectivity index (χ3v) is 5.28. The molecule has 0 unspecified atom stereocenters. The normalized spacial score (nSPS) is 7.33. The van der Waals surface area contributed by atoms with Gasteiger partial charge in [-0.1, -0.05) is 0 Å². The molecule has 5 heteroatoms. The van der Waals surface area contributed by atoms with Crippen molar-refractivity contribution in [1.82, 2.24) is 0 Å². The molecule has 15 heavy (non-hydrogen) atoms. The van der Waals surface area contributed by atoms with Gasteiger partial charge in [-0.15, -0.1) is 0 Å². The van der Waals surface area contributed by atoms with Gasteiger partial charge in [0.2, 0.25) is 0 Å². The SMILES string of the molecule is CC[PH+](CC)CC.[Au].[C-]#[N+]C(=C[Se])[N+]#[C-]. The average Bonchev–Trinajstić information content (AvgIpc) is 2.24. The Labute approximate surface area is 119 Å². The monoisotopic (exact) mass is 473 g/mol. The molecule has 0 rings (SSSR count). The Morgan fingerprint density at radius 2 is 1.47 bits per heavy atom. The van der Waals surface area contributed by atoms with Crippen molar-refractivity contribution in [3.63, 3.8) is 0 Å². The predicted octanol–water partition coefficient (Wildman–Crippen LogP) is 3.05. The second kappa shape index (κ2) is 16.8. The molecule has 0 saturated carbocycles. The van der Waals surface area contributed by atoms with E-state index in [4.69, 9.17) is 13.1 Å². The van der Waals surface area contributed by atoms with Gasteiger partial charge in [0.1, 0.15) is 0 Å². The van der Waals surface area contributed by atoms with Crippen molar-refractivity contribution in [2.24, 2.45) is 0 Å². The van der Waals surface area contributed by atoms with E-state index in [1.807, 2.05) is 0 Å². The van der Waals surface area contributed by atoms with E-state index >= 15 is 0 Å². The van der Waals surface area contributed by atoms with Crippen LogP contribution in [0.1, 0.15) is 20.8 Å². The molecule has 0 aliphatic rings. The topological polar surface area (TPSA) is 8.72 Å². The van der Waals surface area contributed by atoms with E-state index in [0.717, 1.165) is 0 Å². The van der Waals surface area contributed by atoms with Gasteiger partial charge in [-0.3, -0.25) is 0 Å². The summed E-state index contributed by atoms with van der Waals surface area (Å²) >= 11 is 2.46. The van der Waals surface area contributed by atoms with Crippen molar-refractivity contribution in [3.8, 4) is 0 Å². The van der Waals surface area contributed by atoms with Gasteiger partial charge in [0, 0.05) is 22.4 Å². The van der Waals surface area contributed by atoms with E-state index < -0.39 is 0 Å². The number of hydrogen-bond donors (Lipinski definition) is 0. The Morgan fingerprint density at radius 3 is 1.47 bits per heavy atom. The Hall–Kier alpha value is 0.410. The van der Waals surface area contributed by atoms with E-state index in [-0.39, 0.29) is 36.1 Å². The first-order chi connectivity index (χ1) is 6.69. The summed E-state index contributed by atoms with van der Waals surface area (Å²) in [6.07, 6.45) is 4.37. The minimum absolute atomic E-state index is 0. The van der Waals surface area contributed by atoms with Gasteiger partial charge < -0.3 is 0 Å². The van der Waals surface area contributed by atoms with E-state index in [1.165, 1.54) is 23.5 Å². The van der Waals surface area contributed by atoms with Crippen LogP contribution < -0.4 is 0 Å². The predicted molar refractivity (Wildman–Crippen MR) is 67.0 cm³/mol. The van der Waals surface area contributed by atoms with E-state index in [1.54, 1.807) is 0 Å². The number of rotatable bonds is 3. The summed E-state index contributed by atoms with van der Waals surface area (Å²) in [5.74, 6) is 0.0833. The van der Waals surface area contributed by atoms with Gasteiger partial charge in [0.05, 0.1) is 18.5 Å². The molecule has 0 aromatic heterocycles. The van der Waals surface area contributed by atoms with Crippen molar-refractivity contribution >= 4 is 23.9 Å². The van der Waals surface area contributed by atoms with Crippen LogP contribution in [-0.4, -0.2) is 34.5 Å². The number of hydrogen-bond acceptors (Lipinski definition) is 0. The second-order valence-corrected chi connectivity index (χ2v) is 6.63. The van der Waals surface area contributed by atoms with Crippen molar-refractivity contribution in [3.05, 3.63) is 33.6 Å². The maximum absolute atomic E-state index is 6.28. The molecule has 0 atom stereocenters. The quantitative estimate of drug-likeness (QED) is 0.340. The van der Waals surface area contributed by atoms with Gasteiger partial charge in [0.15, 0.2) is 0 Å². The summed E-state index contributed by atoms with van der Waals surface area (Å²) in [5.41, 5.74) is 0. The van der Waals surface area contributed by atoms with Crippen molar-refractivity contribution in [2.45, 2.75) is 20.8 Å². The third kappa shape index (κ3) is 14.4. The molecule has 0 aliphatic carbocycles. The fourth-order valence-electron chi connectivity index (χ4n) is 0.828. The van der Waals surface area contributed by atoms with E-state index in [9.17, 15) is 0 Å². The van der Waals surface area contributed by atoms with E-state index in [2.05, 4.69) is 46.5 Å². The van der Waals surface area contributed by atoms with Crippen LogP contribution in [0.15, 0.2) is 10.8 Å². The fourth-order valence-corrected chi connectivity index (χ4v) is 2.55. The molecule has 0 aliphatic heterocycles. The van der Waals surface area contributed by atoms with Crippen molar-refractivity contribution in [2.75, 3.05) is 18.5 Å². The first kappa shape index (κ1) is 20.8. The Bertz CT molecular complexity index is 217. The van der Waals surface area contributed by atoms with E-state index in [0.29, 0.717) is 0 Å². The summed E-state index contributed by atoms with van der Waals surface area (Å²) in [6, 6.07) is 0. The van der Waals surface area contributed by atoms with Gasteiger partial charge in [-0.05, 0) is 28.7 Å². The zero-order chi connectivity index (χ0) is 11.4. The molecule has 2 nitrogen and oxygen atoms in total. The van der Waals surface area contributed by atoms with Crippen LogP contribution in [0.3, 0.4) is 0 Å². The second-order valence-electron chi connectivity index (χ2n) is 2.51. The Balaban J connectivity index is -0.000000180. The zero-order valence-corrected chi connectivity index (χ0v) is 14.2. The molecule has 0 amide bonds. The molecule has 2 radical (unpaired) electrons. The van der Waals surface area contributed by atoms with Crippen LogP contribution in [0, 0.1) is 13.1 Å². The van der Waals surface area contributed by atoms with Crippen molar-refractivity contribution in [1.29, 1.82) is 0 Å². The molecule has 0 bridgehead atoms. The first-order valence-corrected chi connectivity index (χ1v) is 7.71. The van der Waals surface area contributed by atoms with Crippen LogP contribution >= 0.6 is 7.92 Å². The van der Waals surface area contributed by atoms with Crippen LogP contribution in [-0.2, 0) is 22.4 Å². The standard InChI is InChI=1S/C6H15P.C4HN2Se.Au/c1-4-7(5-2)6-3;1-5-4(3-7)6-2;/h4-6H2,1-3H3;3H;/p+1. The molecule has 0 heterocycles. The molecule has 0 fully saturated rings. The molecule has 88 valence electrons. The Morgan fingerprint density at radius 1 is 1.13 bits per heavy atom. The van der Waals surface area contributed by atoms with Gasteiger partial charge in [-0.2, -0.15) is 0 Å². The third-order valence-electron chi connectivity index (χ3n) is 1.83. The Kier molecular flexibility index (Phi) is 23.3. The summed E-state index contributed by atoms with van der Waals surface area (Å²) < 4.78 is 0. The molecule has 0 saturated heterocycles. The zero-order valence-electron chi connectivity index (χ0n) is 9.30. The fraction of sp³-hybridized carbons (Fsp3) is 0.600. The first-order valence-electron chi connectivity index (χ1n) is 4.60. The van der Waals surface area contributed by atoms with Crippen LogP contribution in [0.5, 0.6) is 0 Å². The van der Waals surface area contributed by atoms with Crippen LogP contribution in [0.2, 0.25) is 0 Å². The summed E-state index contributed by atoms with van der Waals surface area (Å²) in [6.45, 7) is 19.5. The molecule has 0 spiro atoms. The number of nitrogens with zero attached hydrogens (tertiary/aromatic N) is 2.